The summed E-state index contributed by atoms with van der Waals surface area (Å²) in [4.78, 5) is 11.2. The van der Waals surface area contributed by atoms with E-state index >= 15 is 0 Å². The van der Waals surface area contributed by atoms with Crippen molar-refractivity contribution in [2.75, 3.05) is 6.79 Å². The summed E-state index contributed by atoms with van der Waals surface area (Å²) in [5.41, 5.74) is 6.23. The van der Waals surface area contributed by atoms with Gasteiger partial charge in [0, 0.05) is 22.8 Å². The molecule has 0 bridgehead atoms. The van der Waals surface area contributed by atoms with E-state index in [0.717, 1.165) is 0 Å². The molecule has 6 atom stereocenters. The minimum Gasteiger partial charge on any atom is -0.467 e. The Morgan fingerprint density at radius 3 is 2.17 bits per heavy atom. The predicted molar refractivity (Wildman–Crippen MR) is 72.1 cm³/mol. The number of nitrogens with two attached hydrogens (primary N) is 1. The smallest absolute Gasteiger partial charge is 0.229 e. The summed E-state index contributed by atoms with van der Waals surface area (Å²) in [7, 11) is 0. The number of aliphatic hydroxyl groups excluding tert-OH is 4. The second-order valence-electron chi connectivity index (χ2n) is 5.46. The van der Waals surface area contributed by atoms with Gasteiger partial charge in [-0.25, -0.2) is 0 Å². The van der Waals surface area contributed by atoms with E-state index in [9.17, 15) is 25.2 Å². The van der Waals surface area contributed by atoms with Gasteiger partial charge < -0.3 is 40.4 Å². The van der Waals surface area contributed by atoms with Gasteiger partial charge in [0.15, 0.2) is 0 Å². The number of hydrogen-bond donors (Lipinski definition) is 5. The first-order chi connectivity index (χ1) is 10.5. The summed E-state index contributed by atoms with van der Waals surface area (Å²) in [6.45, 7) is 0.000319. The predicted octanol–water partition coefficient (Wildman–Crippen LogP) is -2.26. The van der Waals surface area contributed by atoms with Crippen LogP contribution < -0.4 is 15.2 Å². The molecule has 1 saturated carbocycles. The quantitative estimate of drug-likeness (QED) is 0.368. The fraction of sp³-hybridized carbons (Fsp3) is 0.500. The molecular formula is C14H16CoNO7-. The zero-order valence-corrected chi connectivity index (χ0v) is 12.8. The monoisotopic (exact) mass is 369 g/mol. The van der Waals surface area contributed by atoms with Gasteiger partial charge in [0.1, 0.15) is 23.7 Å². The van der Waals surface area contributed by atoms with Crippen LogP contribution in [0.4, 0.5) is 0 Å². The van der Waals surface area contributed by atoms with E-state index in [-0.39, 0.29) is 34.7 Å². The Hall–Kier alpha value is -1.20. The number of benzene rings is 1. The average molecular weight is 369 g/mol. The minimum atomic E-state index is -1.59. The van der Waals surface area contributed by atoms with E-state index < -0.39 is 36.4 Å². The van der Waals surface area contributed by atoms with Gasteiger partial charge in [-0.05, 0) is 5.92 Å². The molecule has 1 heterocycles. The van der Waals surface area contributed by atoms with Crippen LogP contribution in [0.5, 0.6) is 11.5 Å². The first-order valence-electron chi connectivity index (χ1n) is 6.75. The normalized spacial score (nSPS) is 35.5. The van der Waals surface area contributed by atoms with Gasteiger partial charge in [0.05, 0.1) is 18.5 Å². The number of fused-ring (bicyclic) bond motifs is 1. The van der Waals surface area contributed by atoms with Crippen molar-refractivity contribution in [3.63, 3.8) is 0 Å². The third-order valence-electron chi connectivity index (χ3n) is 4.24. The number of carbonyl (C=O) groups excluding carboxylic acids is 1. The largest absolute Gasteiger partial charge is 0.467 e. The molecule has 3 rings (SSSR count). The maximum Gasteiger partial charge on any atom is 0.229 e. The summed E-state index contributed by atoms with van der Waals surface area (Å²) >= 11 is 0. The van der Waals surface area contributed by atoms with Crippen molar-refractivity contribution in [1.29, 1.82) is 0 Å². The Labute approximate surface area is 142 Å². The van der Waals surface area contributed by atoms with Gasteiger partial charge in [0.25, 0.3) is 0 Å². The molecule has 1 fully saturated rings. The van der Waals surface area contributed by atoms with Crippen molar-refractivity contribution in [2.45, 2.75) is 36.4 Å². The van der Waals surface area contributed by atoms with Crippen LogP contribution in [0.3, 0.4) is 0 Å². The van der Waals surface area contributed by atoms with Crippen LogP contribution in [-0.4, -0.2) is 64.0 Å². The van der Waals surface area contributed by atoms with E-state index in [0.29, 0.717) is 11.5 Å². The van der Waals surface area contributed by atoms with Crippen molar-refractivity contribution < 1.29 is 51.5 Å². The second-order valence-corrected chi connectivity index (χ2v) is 5.46. The zero-order valence-electron chi connectivity index (χ0n) is 11.8. The van der Waals surface area contributed by atoms with Gasteiger partial charge >= 0.3 is 0 Å². The summed E-state index contributed by atoms with van der Waals surface area (Å²) in [5.74, 6) is -0.245. The molecule has 1 aromatic carbocycles. The van der Waals surface area contributed by atoms with Gasteiger partial charge in [0.2, 0.25) is 6.79 Å². The van der Waals surface area contributed by atoms with Crippen LogP contribution in [0.15, 0.2) is 12.1 Å². The van der Waals surface area contributed by atoms with Gasteiger partial charge in [-0.3, -0.25) is 0 Å². The summed E-state index contributed by atoms with van der Waals surface area (Å²) in [6, 6.07) is 1.78. The van der Waals surface area contributed by atoms with Crippen LogP contribution in [-0.2, 0) is 21.6 Å². The first-order valence-corrected chi connectivity index (χ1v) is 6.75. The van der Waals surface area contributed by atoms with Crippen LogP contribution in [0.25, 0.3) is 0 Å². The molecule has 8 nitrogen and oxygen atoms in total. The molecule has 6 N–H and O–H groups in total. The van der Waals surface area contributed by atoms with Crippen LogP contribution in [0, 0.1) is 0 Å². The third-order valence-corrected chi connectivity index (χ3v) is 4.24. The maximum absolute atomic E-state index is 11.2. The van der Waals surface area contributed by atoms with Crippen LogP contribution >= 0.6 is 0 Å². The Kier molecular flexibility index (Phi) is 5.31. The second kappa shape index (κ2) is 6.73. The van der Waals surface area contributed by atoms with Crippen molar-refractivity contribution in [3.05, 3.63) is 23.3 Å². The number of hydrogen-bond acceptors (Lipinski definition) is 8. The molecule has 0 aromatic heterocycles. The van der Waals surface area contributed by atoms with E-state index in [4.69, 9.17) is 15.2 Å². The molecule has 1 aliphatic carbocycles. The summed E-state index contributed by atoms with van der Waals surface area (Å²) in [6.07, 6.45) is -4.34. The maximum atomic E-state index is 11.2. The van der Waals surface area contributed by atoms with E-state index in [1.165, 1.54) is 12.1 Å². The molecule has 129 valence electrons. The number of ether oxygens (including phenoxy) is 2. The molecule has 23 heavy (non-hydrogen) atoms. The summed E-state index contributed by atoms with van der Waals surface area (Å²) in [5, 5.41) is 39.7. The number of aliphatic hydroxyl groups is 4. The molecule has 0 amide bonds. The topological polar surface area (TPSA) is 142 Å². The summed E-state index contributed by atoms with van der Waals surface area (Å²) < 4.78 is 10.4. The Bertz CT molecular complexity index is 583. The van der Waals surface area contributed by atoms with Crippen molar-refractivity contribution in [2.24, 2.45) is 5.73 Å². The molecule has 1 aliphatic heterocycles. The van der Waals surface area contributed by atoms with Crippen molar-refractivity contribution in [1.82, 2.24) is 0 Å². The molecule has 0 spiro atoms. The van der Waals surface area contributed by atoms with Crippen LogP contribution in [0.1, 0.15) is 17.0 Å². The molecular weight excluding hydrogens is 353 g/mol. The molecule has 9 heteroatoms. The molecule has 1 radical (unpaired) electrons. The SMILES string of the molecule is N[C@H]1[C@H](O)[C@H](O)[C@@H](O)[C@H](O)[C@@H]1c1cc2c(cc1[C-]=O)OCO2.[Co]. The van der Waals surface area contributed by atoms with Crippen LogP contribution in [0.2, 0.25) is 0 Å². The molecule has 1 aromatic rings. The average Bonchev–Trinajstić information content (AvgIpc) is 2.97. The molecule has 0 saturated heterocycles. The standard InChI is InChI=1S/C14H16NO7.Co/c15-10-9(11(17)13(19)14(20)12(10)18)6-2-8-7(21-4-22-8)1-5(6)3-16;/h1-2,9-14,17-20H,4,15H2;/q-1;/t9-,10-,11-,12+,13+,14+;/m1./s1. The van der Waals surface area contributed by atoms with Gasteiger partial charge in [-0.2, -0.15) is 0 Å². The fourth-order valence-corrected chi connectivity index (χ4v) is 3.00. The fourth-order valence-electron chi connectivity index (χ4n) is 3.00. The zero-order chi connectivity index (χ0) is 16.0. The third kappa shape index (κ3) is 2.85. The molecule has 0 unspecified atom stereocenters. The Balaban J connectivity index is 0.00000192. The van der Waals surface area contributed by atoms with E-state index in [1.807, 2.05) is 0 Å². The Morgan fingerprint density at radius 1 is 1.00 bits per heavy atom. The Morgan fingerprint density at radius 2 is 1.57 bits per heavy atom. The van der Waals surface area contributed by atoms with Gasteiger partial charge in [-0.1, -0.05) is 6.07 Å². The van der Waals surface area contributed by atoms with E-state index in [2.05, 4.69) is 0 Å². The number of rotatable bonds is 2. The minimum absolute atomic E-state index is 0. The van der Waals surface area contributed by atoms with Gasteiger partial charge in [-0.15, -0.1) is 17.2 Å². The van der Waals surface area contributed by atoms with E-state index in [1.54, 1.807) is 6.29 Å². The van der Waals surface area contributed by atoms with Crippen molar-refractivity contribution >= 4 is 6.29 Å². The first kappa shape index (κ1) is 18.1. The molecule has 2 aliphatic rings. The van der Waals surface area contributed by atoms with Crippen molar-refractivity contribution in [3.8, 4) is 11.5 Å².